The number of methoxy groups -OCH3 is 2. The van der Waals surface area contributed by atoms with Crippen molar-refractivity contribution < 1.29 is 57.8 Å². The number of aliphatic hydroxyl groups excluding tert-OH is 1. The Labute approximate surface area is 333 Å². The first kappa shape index (κ1) is 37.8. The molecule has 4 bridgehead atoms. The molecule has 1 unspecified atom stereocenters. The van der Waals surface area contributed by atoms with E-state index in [0.29, 0.717) is 70.4 Å². The predicted octanol–water partition coefficient (Wildman–Crippen LogP) is 3.63. The number of aryl methyl sites for hydroxylation is 1. The van der Waals surface area contributed by atoms with Gasteiger partial charge in [-0.15, -0.1) is 11.8 Å². The Bertz CT molecular complexity index is 2250. The molecule has 16 heteroatoms. The van der Waals surface area contributed by atoms with Crippen molar-refractivity contribution in [2.75, 3.05) is 47.0 Å². The number of thioether (sulfide) groups is 1. The summed E-state index contributed by atoms with van der Waals surface area (Å²) >= 11 is 1.46. The SMILES string of the molecule is COc1cc2c(cc1O)CCN[C@]21CS[C@@H]2c3c(OC(C)=O)c(C)c4c(c3[C@@H](COC1=O)N1C2[C@@H]2c3c(cc(C)c(OC)c3OC(C)=O)C[C@H]([C@@H]1O)N2C)OCO4. The minimum absolute atomic E-state index is 0.0330. The number of rotatable bonds is 4. The van der Waals surface area contributed by atoms with E-state index >= 15 is 0 Å². The third-order valence-electron chi connectivity index (χ3n) is 12.5. The summed E-state index contributed by atoms with van der Waals surface area (Å²) in [5.41, 5.74) is 4.30. The van der Waals surface area contributed by atoms with Crippen molar-refractivity contribution in [3.63, 3.8) is 0 Å². The summed E-state index contributed by atoms with van der Waals surface area (Å²) in [6, 6.07) is 2.99. The number of fused-ring (bicyclic) bond motifs is 9. The molecule has 3 aromatic rings. The number of carbonyl (C=O) groups is 3. The van der Waals surface area contributed by atoms with E-state index in [0.717, 1.165) is 22.3 Å². The van der Waals surface area contributed by atoms with Crippen LogP contribution in [0.4, 0.5) is 0 Å². The number of hydrogen-bond donors (Lipinski definition) is 3. The number of benzene rings is 3. The quantitative estimate of drug-likeness (QED) is 0.258. The van der Waals surface area contributed by atoms with Gasteiger partial charge in [0.15, 0.2) is 40.0 Å². The molecular formula is C41H45N3O12S. The van der Waals surface area contributed by atoms with Crippen LogP contribution in [0.2, 0.25) is 0 Å². The lowest BCUT2D eigenvalue weighted by molar-refractivity contribution is -0.186. The van der Waals surface area contributed by atoms with Gasteiger partial charge >= 0.3 is 17.9 Å². The number of likely N-dealkylation sites (N-methyl/N-ethyl adjacent to an activating group) is 1. The van der Waals surface area contributed by atoms with Crippen molar-refractivity contribution in [1.82, 2.24) is 15.1 Å². The number of aliphatic hydroxyl groups is 1. The predicted molar refractivity (Wildman–Crippen MR) is 204 cm³/mol. The van der Waals surface area contributed by atoms with Crippen molar-refractivity contribution in [1.29, 1.82) is 0 Å². The highest BCUT2D eigenvalue weighted by Crippen LogP contribution is 2.64. The molecule has 3 N–H and O–H groups in total. The van der Waals surface area contributed by atoms with Gasteiger partial charge in [0, 0.05) is 54.4 Å². The van der Waals surface area contributed by atoms with Crippen LogP contribution in [0.3, 0.4) is 0 Å². The minimum atomic E-state index is -1.38. The van der Waals surface area contributed by atoms with E-state index in [1.54, 1.807) is 19.2 Å². The fourth-order valence-corrected chi connectivity index (χ4v) is 11.9. The number of piperazine rings is 1. The standard InChI is InChI=1S/C41H45N3O12S/c1-17-10-22-11-24-39(48)44-25-14-52-40(49)41(23-13-27(50-6)26(47)12-21(23)8-9-42-41)15-57-38(30-29(25)36-35(53-16-54-36)18(2)34(30)55-19(3)45)32(44)31(43(24)5)28(22)37(33(17)51-7)56-20(4)46/h10,12-13,24-25,31-32,38-39,42,47-48H,8-9,11,14-16H2,1-7H3/t24-,25-,31+,32?,38-,39+,41-/m1/s1. The molecule has 0 aliphatic carbocycles. The average Bonchev–Trinajstić information content (AvgIpc) is 3.66. The van der Waals surface area contributed by atoms with E-state index in [2.05, 4.69) is 10.2 Å². The first-order chi connectivity index (χ1) is 27.3. The molecule has 7 aliphatic heterocycles. The zero-order chi connectivity index (χ0) is 40.2. The molecule has 0 aromatic heterocycles. The number of nitrogens with zero attached hydrogens (tertiary/aromatic N) is 2. The lowest BCUT2D eigenvalue weighted by Gasteiger charge is -2.62. The molecule has 0 amide bonds. The van der Waals surface area contributed by atoms with Gasteiger partial charge in [0.05, 0.1) is 37.6 Å². The normalized spacial score (nSPS) is 28.4. The third-order valence-corrected chi connectivity index (χ3v) is 14.0. The molecule has 7 aliphatic rings. The summed E-state index contributed by atoms with van der Waals surface area (Å²) in [7, 11) is 4.96. The van der Waals surface area contributed by atoms with Crippen molar-refractivity contribution in [2.24, 2.45) is 0 Å². The van der Waals surface area contributed by atoms with E-state index in [-0.39, 0.29) is 30.7 Å². The van der Waals surface area contributed by atoms with E-state index in [1.807, 2.05) is 31.9 Å². The van der Waals surface area contributed by atoms with Gasteiger partial charge in [-0.2, -0.15) is 0 Å². The maximum atomic E-state index is 14.8. The molecule has 3 aromatic carbocycles. The Morgan fingerprint density at radius 2 is 1.68 bits per heavy atom. The number of hydrogen-bond acceptors (Lipinski definition) is 16. The van der Waals surface area contributed by atoms with Crippen molar-refractivity contribution >= 4 is 29.7 Å². The van der Waals surface area contributed by atoms with Gasteiger partial charge in [-0.1, -0.05) is 6.07 Å². The number of ether oxygens (including phenoxy) is 7. The number of carbonyl (C=O) groups excluding carboxylic acids is 3. The molecule has 1 spiro atoms. The maximum absolute atomic E-state index is 14.8. The molecular weight excluding hydrogens is 759 g/mol. The van der Waals surface area contributed by atoms with Crippen molar-refractivity contribution in [2.45, 2.75) is 81.7 Å². The second-order valence-corrected chi connectivity index (χ2v) is 16.6. The maximum Gasteiger partial charge on any atom is 0.331 e. The van der Waals surface area contributed by atoms with Gasteiger partial charge in [0.1, 0.15) is 18.6 Å². The molecule has 57 heavy (non-hydrogen) atoms. The third kappa shape index (κ3) is 5.44. The van der Waals surface area contributed by atoms with Crippen LogP contribution in [0.5, 0.6) is 40.2 Å². The molecule has 0 saturated carbocycles. The van der Waals surface area contributed by atoms with Crippen molar-refractivity contribution in [3.8, 4) is 40.2 Å². The number of nitrogens with one attached hydrogen (secondary N) is 1. The van der Waals surface area contributed by atoms with Crippen LogP contribution in [-0.4, -0.2) is 103 Å². The number of phenolic OH excluding ortho intramolecular Hbond substituents is 1. The molecule has 7 heterocycles. The van der Waals surface area contributed by atoms with Gasteiger partial charge < -0.3 is 43.4 Å². The highest BCUT2D eigenvalue weighted by Gasteiger charge is 2.61. The minimum Gasteiger partial charge on any atom is -0.504 e. The Balaban J connectivity index is 1.33. The van der Waals surface area contributed by atoms with E-state index < -0.39 is 59.1 Å². The van der Waals surface area contributed by atoms with E-state index in [4.69, 9.17) is 33.2 Å². The first-order valence-corrected chi connectivity index (χ1v) is 20.0. The highest BCUT2D eigenvalue weighted by atomic mass is 32.2. The topological polar surface area (TPSA) is 175 Å². The van der Waals surface area contributed by atoms with Crippen LogP contribution >= 0.6 is 11.8 Å². The summed E-state index contributed by atoms with van der Waals surface area (Å²) in [6.45, 7) is 6.55. The smallest absolute Gasteiger partial charge is 0.331 e. The largest absolute Gasteiger partial charge is 0.504 e. The van der Waals surface area contributed by atoms with Crippen LogP contribution in [0.1, 0.15) is 75.7 Å². The zero-order valence-corrected chi connectivity index (χ0v) is 33.5. The van der Waals surface area contributed by atoms with Gasteiger partial charge in [-0.05, 0) is 68.1 Å². The van der Waals surface area contributed by atoms with Gasteiger partial charge in [0.2, 0.25) is 6.79 Å². The lowest BCUT2D eigenvalue weighted by atomic mass is 9.73. The van der Waals surface area contributed by atoms with Crippen LogP contribution in [0.15, 0.2) is 18.2 Å². The van der Waals surface area contributed by atoms with E-state index in [9.17, 15) is 24.6 Å². The summed E-state index contributed by atoms with van der Waals surface area (Å²) in [5.74, 6) is 0.639. The van der Waals surface area contributed by atoms with Crippen LogP contribution in [0.25, 0.3) is 0 Å². The number of phenols is 1. The van der Waals surface area contributed by atoms with Crippen LogP contribution < -0.4 is 33.7 Å². The van der Waals surface area contributed by atoms with E-state index in [1.165, 1.54) is 32.7 Å². The Morgan fingerprint density at radius 1 is 0.947 bits per heavy atom. The highest BCUT2D eigenvalue weighted by molar-refractivity contribution is 7.99. The Morgan fingerprint density at radius 3 is 2.40 bits per heavy atom. The van der Waals surface area contributed by atoms with Crippen LogP contribution in [0, 0.1) is 13.8 Å². The second kappa shape index (κ2) is 13.7. The average molecular weight is 804 g/mol. The van der Waals surface area contributed by atoms with Crippen LogP contribution in [-0.2, 0) is 37.5 Å². The first-order valence-electron chi connectivity index (χ1n) is 19.0. The number of aromatic hydroxyl groups is 1. The second-order valence-electron chi connectivity index (χ2n) is 15.5. The Hall–Kier alpha value is -4.74. The summed E-state index contributed by atoms with van der Waals surface area (Å²) in [6.07, 6.45) is -0.102. The molecule has 2 fully saturated rings. The summed E-state index contributed by atoms with van der Waals surface area (Å²) < 4.78 is 42.3. The molecule has 302 valence electrons. The number of esters is 3. The monoisotopic (exact) mass is 803 g/mol. The van der Waals surface area contributed by atoms with Crippen molar-refractivity contribution in [3.05, 3.63) is 62.7 Å². The molecule has 7 atom stereocenters. The summed E-state index contributed by atoms with van der Waals surface area (Å²) in [5, 5.41) is 26.3. The zero-order valence-electron chi connectivity index (χ0n) is 32.7. The fraction of sp³-hybridized carbons (Fsp3) is 0.488. The molecule has 2 saturated heterocycles. The summed E-state index contributed by atoms with van der Waals surface area (Å²) in [4.78, 5) is 44.7. The van der Waals surface area contributed by atoms with Gasteiger partial charge in [-0.3, -0.25) is 24.7 Å². The Kier molecular flexibility index (Phi) is 9.08. The molecule has 0 radical (unpaired) electrons. The fourth-order valence-electron chi connectivity index (χ4n) is 10.2. The van der Waals surface area contributed by atoms with Gasteiger partial charge in [-0.25, -0.2) is 4.79 Å². The van der Waals surface area contributed by atoms with Gasteiger partial charge in [0.25, 0.3) is 0 Å². The lowest BCUT2D eigenvalue weighted by Crippen LogP contribution is -2.70. The molecule has 10 rings (SSSR count). The molecule has 15 nitrogen and oxygen atoms in total.